The summed E-state index contributed by atoms with van der Waals surface area (Å²) >= 11 is 6.20. The van der Waals surface area contributed by atoms with Crippen molar-refractivity contribution >= 4 is 34.6 Å². The molecule has 0 fully saturated rings. The van der Waals surface area contributed by atoms with Crippen molar-refractivity contribution in [3.05, 3.63) is 83.0 Å². The van der Waals surface area contributed by atoms with Crippen molar-refractivity contribution in [3.63, 3.8) is 0 Å². The Morgan fingerprint density at radius 3 is 2.56 bits per heavy atom. The van der Waals surface area contributed by atoms with Crippen molar-refractivity contribution in [1.29, 1.82) is 0 Å². The smallest absolute Gasteiger partial charge is 0.258 e. The van der Waals surface area contributed by atoms with Gasteiger partial charge in [-0.2, -0.15) is 9.97 Å². The molecular weight excluding hydrogens is 369 g/mol. The monoisotopic (exact) mass is 381 g/mol. The molecular formula is C19H13ClFN5O. The molecule has 27 heavy (non-hydrogen) atoms. The number of amides is 1. The van der Waals surface area contributed by atoms with E-state index in [1.54, 1.807) is 47.3 Å². The molecule has 8 heteroatoms. The van der Waals surface area contributed by atoms with E-state index < -0.39 is 0 Å². The first kappa shape index (κ1) is 17.1. The number of anilines is 1. The fourth-order valence-corrected chi connectivity index (χ4v) is 2.84. The largest absolute Gasteiger partial charge is 0.311 e. The molecule has 0 atom stereocenters. The number of hydrogen-bond acceptors (Lipinski definition) is 4. The molecule has 2 aromatic heterocycles. The van der Waals surface area contributed by atoms with Crippen LogP contribution in [0.25, 0.3) is 11.2 Å². The highest BCUT2D eigenvalue weighted by Crippen LogP contribution is 2.22. The summed E-state index contributed by atoms with van der Waals surface area (Å²) in [5, 5.41) is 2.78. The van der Waals surface area contributed by atoms with Gasteiger partial charge in [-0.05, 0) is 29.8 Å². The summed E-state index contributed by atoms with van der Waals surface area (Å²) in [4.78, 5) is 25.0. The normalized spacial score (nSPS) is 10.9. The predicted octanol–water partition coefficient (Wildman–Crippen LogP) is 3.92. The van der Waals surface area contributed by atoms with Crippen molar-refractivity contribution in [3.8, 4) is 0 Å². The number of hydrogen-bond donors (Lipinski definition) is 1. The highest BCUT2D eigenvalue weighted by Gasteiger charge is 2.14. The number of imidazole rings is 1. The van der Waals surface area contributed by atoms with Crippen molar-refractivity contribution < 1.29 is 9.18 Å². The molecule has 0 unspecified atom stereocenters. The molecule has 1 amide bonds. The first-order valence-electron chi connectivity index (χ1n) is 8.09. The van der Waals surface area contributed by atoms with Crippen LogP contribution in [-0.4, -0.2) is 25.4 Å². The van der Waals surface area contributed by atoms with Crippen molar-refractivity contribution in [2.24, 2.45) is 0 Å². The van der Waals surface area contributed by atoms with Gasteiger partial charge in [0.1, 0.15) is 11.3 Å². The first-order valence-corrected chi connectivity index (χ1v) is 8.47. The topological polar surface area (TPSA) is 72.7 Å². The zero-order valence-corrected chi connectivity index (χ0v) is 14.7. The molecule has 134 valence electrons. The minimum Gasteiger partial charge on any atom is -0.311 e. The SMILES string of the molecule is O=C(Nc1nc(Cl)c2ncn(Cc3ccc(F)cc3)c2n1)c1ccccc1. The van der Waals surface area contributed by atoms with Gasteiger partial charge in [-0.15, -0.1) is 0 Å². The van der Waals surface area contributed by atoms with Crippen molar-refractivity contribution in [1.82, 2.24) is 19.5 Å². The van der Waals surface area contributed by atoms with Gasteiger partial charge in [0.2, 0.25) is 5.95 Å². The molecule has 4 rings (SSSR count). The molecule has 2 aromatic carbocycles. The maximum Gasteiger partial charge on any atom is 0.258 e. The number of carbonyl (C=O) groups is 1. The third-order valence-electron chi connectivity index (χ3n) is 3.95. The van der Waals surface area contributed by atoms with Gasteiger partial charge in [0.05, 0.1) is 12.9 Å². The zero-order chi connectivity index (χ0) is 18.8. The van der Waals surface area contributed by atoms with Crippen molar-refractivity contribution in [2.45, 2.75) is 6.54 Å². The number of halogens is 2. The molecule has 0 saturated heterocycles. The Bertz CT molecular complexity index is 1110. The Labute approximate surface area is 158 Å². The molecule has 6 nitrogen and oxygen atoms in total. The molecule has 4 aromatic rings. The Hall–Kier alpha value is -3.32. The average Bonchev–Trinajstić information content (AvgIpc) is 3.07. The molecule has 0 spiro atoms. The molecule has 0 bridgehead atoms. The lowest BCUT2D eigenvalue weighted by molar-refractivity contribution is 0.102. The van der Waals surface area contributed by atoms with Crippen LogP contribution < -0.4 is 5.32 Å². The highest BCUT2D eigenvalue weighted by atomic mass is 35.5. The van der Waals surface area contributed by atoms with E-state index in [0.717, 1.165) is 5.56 Å². The van der Waals surface area contributed by atoms with Crippen LogP contribution in [0.5, 0.6) is 0 Å². The average molecular weight is 382 g/mol. The Balaban J connectivity index is 1.65. The molecule has 1 N–H and O–H groups in total. The second kappa shape index (κ2) is 7.13. The lowest BCUT2D eigenvalue weighted by Crippen LogP contribution is -2.14. The standard InChI is InChI=1S/C19H13ClFN5O/c20-16-15-17(26(11-22-15)10-12-6-8-14(21)9-7-12)24-19(23-16)25-18(27)13-4-2-1-3-5-13/h1-9,11H,10H2,(H,23,24,25,27). The summed E-state index contributed by atoms with van der Waals surface area (Å²) < 4.78 is 14.8. The fraction of sp³-hybridized carbons (Fsp3) is 0.0526. The van der Waals surface area contributed by atoms with Gasteiger partial charge in [-0.25, -0.2) is 9.37 Å². The van der Waals surface area contributed by atoms with Crippen LogP contribution in [-0.2, 0) is 6.54 Å². The van der Waals surface area contributed by atoms with E-state index in [4.69, 9.17) is 11.6 Å². The van der Waals surface area contributed by atoms with Crippen LogP contribution in [0.1, 0.15) is 15.9 Å². The van der Waals surface area contributed by atoms with Crippen LogP contribution >= 0.6 is 11.6 Å². The van der Waals surface area contributed by atoms with Gasteiger partial charge in [0.25, 0.3) is 5.91 Å². The summed E-state index contributed by atoms with van der Waals surface area (Å²) in [5.74, 6) is -0.552. The van der Waals surface area contributed by atoms with Gasteiger partial charge in [0.15, 0.2) is 10.8 Å². The summed E-state index contributed by atoms with van der Waals surface area (Å²) in [6.07, 6.45) is 1.58. The van der Waals surface area contributed by atoms with Gasteiger partial charge in [-0.3, -0.25) is 10.1 Å². The third kappa shape index (κ3) is 3.63. The molecule has 0 saturated carbocycles. The summed E-state index contributed by atoms with van der Waals surface area (Å²) in [6.45, 7) is 0.427. The van der Waals surface area contributed by atoms with Gasteiger partial charge >= 0.3 is 0 Å². The molecule has 0 aliphatic heterocycles. The maximum atomic E-state index is 13.1. The fourth-order valence-electron chi connectivity index (χ4n) is 2.63. The highest BCUT2D eigenvalue weighted by molar-refractivity contribution is 6.33. The van der Waals surface area contributed by atoms with E-state index in [-0.39, 0.29) is 22.8 Å². The lowest BCUT2D eigenvalue weighted by Gasteiger charge is -2.07. The molecule has 0 aliphatic rings. The van der Waals surface area contributed by atoms with Gasteiger partial charge in [0, 0.05) is 5.56 Å². The molecule has 0 aliphatic carbocycles. The molecule has 2 heterocycles. The summed E-state index contributed by atoms with van der Waals surface area (Å²) in [7, 11) is 0. The van der Waals surface area contributed by atoms with Crippen LogP contribution in [0.3, 0.4) is 0 Å². The third-order valence-corrected chi connectivity index (χ3v) is 4.21. The number of nitrogens with zero attached hydrogens (tertiary/aromatic N) is 4. The second-order valence-electron chi connectivity index (χ2n) is 5.83. The number of carbonyl (C=O) groups excluding carboxylic acids is 1. The number of benzene rings is 2. The first-order chi connectivity index (χ1) is 13.1. The number of aromatic nitrogens is 4. The number of fused-ring (bicyclic) bond motifs is 1. The quantitative estimate of drug-likeness (QED) is 0.544. The van der Waals surface area contributed by atoms with E-state index in [0.29, 0.717) is 23.3 Å². The van der Waals surface area contributed by atoms with Crippen LogP contribution in [0.15, 0.2) is 60.9 Å². The van der Waals surface area contributed by atoms with E-state index in [1.165, 1.54) is 12.1 Å². The van der Waals surface area contributed by atoms with E-state index in [2.05, 4.69) is 20.3 Å². The lowest BCUT2D eigenvalue weighted by atomic mass is 10.2. The van der Waals surface area contributed by atoms with E-state index in [1.807, 2.05) is 6.07 Å². The Morgan fingerprint density at radius 2 is 1.81 bits per heavy atom. The Kier molecular flexibility index (Phi) is 4.52. The van der Waals surface area contributed by atoms with Crippen LogP contribution in [0.4, 0.5) is 10.3 Å². The van der Waals surface area contributed by atoms with Gasteiger partial charge < -0.3 is 4.57 Å². The Morgan fingerprint density at radius 1 is 1.07 bits per heavy atom. The number of rotatable bonds is 4. The van der Waals surface area contributed by atoms with Crippen LogP contribution in [0, 0.1) is 5.82 Å². The zero-order valence-electron chi connectivity index (χ0n) is 13.9. The van der Waals surface area contributed by atoms with Crippen LogP contribution in [0.2, 0.25) is 5.15 Å². The van der Waals surface area contributed by atoms with Crippen molar-refractivity contribution in [2.75, 3.05) is 5.32 Å². The molecule has 0 radical (unpaired) electrons. The predicted molar refractivity (Wildman–Crippen MR) is 100 cm³/mol. The summed E-state index contributed by atoms with van der Waals surface area (Å²) in [6, 6.07) is 14.9. The minimum absolute atomic E-state index is 0.0854. The maximum absolute atomic E-state index is 13.1. The van der Waals surface area contributed by atoms with Gasteiger partial charge in [-0.1, -0.05) is 41.9 Å². The summed E-state index contributed by atoms with van der Waals surface area (Å²) in [5.41, 5.74) is 2.26. The van der Waals surface area contributed by atoms with E-state index in [9.17, 15) is 9.18 Å². The number of nitrogens with one attached hydrogen (secondary N) is 1. The minimum atomic E-state index is -0.337. The van der Waals surface area contributed by atoms with E-state index >= 15 is 0 Å². The second-order valence-corrected chi connectivity index (χ2v) is 6.19.